The van der Waals surface area contributed by atoms with E-state index < -0.39 is 35.6 Å². The van der Waals surface area contributed by atoms with E-state index in [2.05, 4.69) is 4.98 Å². The van der Waals surface area contributed by atoms with Crippen molar-refractivity contribution >= 4 is 5.97 Å². The van der Waals surface area contributed by atoms with Crippen LogP contribution >= 0.6 is 0 Å². The van der Waals surface area contributed by atoms with Gasteiger partial charge in [-0.15, -0.1) is 0 Å². The molecule has 1 aromatic heterocycles. The fourth-order valence-electron chi connectivity index (χ4n) is 2.31. The second-order valence-electron chi connectivity index (χ2n) is 5.72. The average molecular weight is 312 g/mol. The van der Waals surface area contributed by atoms with E-state index in [0.717, 1.165) is 0 Å². The molecule has 1 aliphatic heterocycles. The highest BCUT2D eigenvalue weighted by molar-refractivity contribution is 5.71. The van der Waals surface area contributed by atoms with Gasteiger partial charge in [0.2, 0.25) is 0 Å². The second-order valence-corrected chi connectivity index (χ2v) is 5.72. The summed E-state index contributed by atoms with van der Waals surface area (Å²) in [6, 6.07) is 1.20. The van der Waals surface area contributed by atoms with Crippen molar-refractivity contribution in [3.63, 3.8) is 0 Å². The summed E-state index contributed by atoms with van der Waals surface area (Å²) < 4.78 is 11.9. The SMILES string of the molecule is CC(C)C(=O)OC[C@H]1O[C@@H](n2ccc(=O)[nH]c2=O)[C@@H](C)[C@@H]1O. The molecule has 0 saturated carbocycles. The minimum absolute atomic E-state index is 0.0862. The molecule has 8 heteroatoms. The number of aliphatic hydroxyl groups excluding tert-OH is 1. The number of rotatable bonds is 4. The van der Waals surface area contributed by atoms with Crippen molar-refractivity contribution in [1.29, 1.82) is 0 Å². The van der Waals surface area contributed by atoms with Gasteiger partial charge < -0.3 is 14.6 Å². The summed E-state index contributed by atoms with van der Waals surface area (Å²) in [5.74, 6) is -1.05. The highest BCUT2D eigenvalue weighted by atomic mass is 16.6. The van der Waals surface area contributed by atoms with Gasteiger partial charge in [-0.1, -0.05) is 20.8 Å². The molecule has 0 aliphatic carbocycles. The van der Waals surface area contributed by atoms with Gasteiger partial charge in [0.15, 0.2) is 0 Å². The van der Waals surface area contributed by atoms with Gasteiger partial charge in [-0.3, -0.25) is 19.1 Å². The predicted molar refractivity (Wildman–Crippen MR) is 76.2 cm³/mol. The molecule has 0 radical (unpaired) electrons. The summed E-state index contributed by atoms with van der Waals surface area (Å²) in [5.41, 5.74) is -1.12. The van der Waals surface area contributed by atoms with E-state index in [1.807, 2.05) is 0 Å². The quantitative estimate of drug-likeness (QED) is 0.734. The first-order chi connectivity index (χ1) is 10.3. The first kappa shape index (κ1) is 16.4. The van der Waals surface area contributed by atoms with Gasteiger partial charge in [0.05, 0.1) is 12.0 Å². The zero-order valence-corrected chi connectivity index (χ0v) is 12.7. The minimum atomic E-state index is -0.885. The van der Waals surface area contributed by atoms with Gasteiger partial charge in [-0.2, -0.15) is 0 Å². The molecule has 2 rings (SSSR count). The third-order valence-electron chi connectivity index (χ3n) is 3.67. The lowest BCUT2D eigenvalue weighted by molar-refractivity contribution is -0.153. The summed E-state index contributed by atoms with van der Waals surface area (Å²) in [4.78, 5) is 36.5. The Labute approximate surface area is 126 Å². The zero-order valence-electron chi connectivity index (χ0n) is 12.7. The number of esters is 1. The molecule has 0 spiro atoms. The molecular formula is C14H20N2O6. The summed E-state index contributed by atoms with van der Waals surface area (Å²) >= 11 is 0. The topological polar surface area (TPSA) is 111 Å². The monoisotopic (exact) mass is 312 g/mol. The van der Waals surface area contributed by atoms with Gasteiger partial charge in [0.1, 0.15) is 18.9 Å². The molecule has 8 nitrogen and oxygen atoms in total. The molecular weight excluding hydrogens is 292 g/mol. The van der Waals surface area contributed by atoms with Crippen LogP contribution in [0.25, 0.3) is 0 Å². The van der Waals surface area contributed by atoms with Crippen LogP contribution in [0.2, 0.25) is 0 Å². The number of aromatic nitrogens is 2. The predicted octanol–water partition coefficient (Wildman–Crippen LogP) is -0.370. The Morgan fingerprint density at radius 3 is 2.77 bits per heavy atom. The van der Waals surface area contributed by atoms with Crippen molar-refractivity contribution in [1.82, 2.24) is 9.55 Å². The first-order valence-electron chi connectivity index (χ1n) is 7.13. The van der Waals surface area contributed by atoms with Crippen LogP contribution < -0.4 is 11.2 Å². The highest BCUT2D eigenvalue weighted by Crippen LogP contribution is 2.33. The van der Waals surface area contributed by atoms with Crippen LogP contribution in [0.4, 0.5) is 0 Å². The number of aliphatic hydroxyl groups is 1. The largest absolute Gasteiger partial charge is 0.463 e. The van der Waals surface area contributed by atoms with Crippen molar-refractivity contribution in [3.8, 4) is 0 Å². The third kappa shape index (κ3) is 3.28. The fourth-order valence-corrected chi connectivity index (χ4v) is 2.31. The Morgan fingerprint density at radius 2 is 2.18 bits per heavy atom. The van der Waals surface area contributed by atoms with E-state index >= 15 is 0 Å². The maximum Gasteiger partial charge on any atom is 0.330 e. The standard InChI is InChI=1S/C14H20N2O6/c1-7(2)13(19)21-6-9-11(18)8(3)12(22-9)16-5-4-10(17)15-14(16)20/h4-5,7-9,11-12,18H,6H2,1-3H3,(H,15,17,20)/t8-,9+,11-,12+/m0/s1. The maximum atomic E-state index is 11.8. The summed E-state index contributed by atoms with van der Waals surface area (Å²) in [6.45, 7) is 5.05. The minimum Gasteiger partial charge on any atom is -0.463 e. The highest BCUT2D eigenvalue weighted by Gasteiger charge is 2.42. The summed E-state index contributed by atoms with van der Waals surface area (Å²) in [6.07, 6.45) is -1.02. The van der Waals surface area contributed by atoms with Gasteiger partial charge >= 0.3 is 11.7 Å². The lowest BCUT2D eigenvalue weighted by atomic mass is 10.0. The molecule has 0 unspecified atom stereocenters. The number of hydrogen-bond acceptors (Lipinski definition) is 6. The lowest BCUT2D eigenvalue weighted by Crippen LogP contribution is -2.33. The van der Waals surface area contributed by atoms with E-state index in [-0.39, 0.29) is 18.5 Å². The number of ether oxygens (including phenoxy) is 2. The second kappa shape index (κ2) is 6.45. The molecule has 22 heavy (non-hydrogen) atoms. The van der Waals surface area contributed by atoms with Crippen LogP contribution in [-0.4, -0.2) is 39.4 Å². The first-order valence-corrected chi connectivity index (χ1v) is 7.13. The van der Waals surface area contributed by atoms with E-state index in [1.54, 1.807) is 20.8 Å². The van der Waals surface area contributed by atoms with Crippen molar-refractivity contribution < 1.29 is 19.4 Å². The zero-order chi connectivity index (χ0) is 16.4. The molecule has 0 amide bonds. The number of H-pyrrole nitrogens is 1. The smallest absolute Gasteiger partial charge is 0.330 e. The molecule has 1 aliphatic rings. The Bertz CT molecular complexity index is 649. The van der Waals surface area contributed by atoms with E-state index in [0.29, 0.717) is 0 Å². The molecule has 1 aromatic rings. The van der Waals surface area contributed by atoms with Crippen LogP contribution in [0.5, 0.6) is 0 Å². The maximum absolute atomic E-state index is 11.8. The van der Waals surface area contributed by atoms with Crippen LogP contribution in [0, 0.1) is 11.8 Å². The summed E-state index contributed by atoms with van der Waals surface area (Å²) in [5, 5.41) is 10.2. The Hall–Kier alpha value is -1.93. The Morgan fingerprint density at radius 1 is 1.50 bits per heavy atom. The van der Waals surface area contributed by atoms with Crippen LogP contribution in [0.1, 0.15) is 27.0 Å². The van der Waals surface area contributed by atoms with Crippen molar-refractivity contribution in [3.05, 3.63) is 33.1 Å². The van der Waals surface area contributed by atoms with E-state index in [1.165, 1.54) is 16.8 Å². The third-order valence-corrected chi connectivity index (χ3v) is 3.67. The number of nitrogens with zero attached hydrogens (tertiary/aromatic N) is 1. The van der Waals surface area contributed by atoms with Crippen LogP contribution in [0.15, 0.2) is 21.9 Å². The number of nitrogens with one attached hydrogen (secondary N) is 1. The number of carbonyl (C=O) groups excluding carboxylic acids is 1. The fraction of sp³-hybridized carbons (Fsp3) is 0.643. The Kier molecular flexibility index (Phi) is 4.82. The van der Waals surface area contributed by atoms with Crippen molar-refractivity contribution in [2.45, 2.75) is 39.2 Å². The molecule has 4 atom stereocenters. The summed E-state index contributed by atoms with van der Waals surface area (Å²) in [7, 11) is 0. The molecule has 0 aromatic carbocycles. The van der Waals surface area contributed by atoms with Gasteiger partial charge in [-0.25, -0.2) is 4.79 Å². The Balaban J connectivity index is 2.11. The van der Waals surface area contributed by atoms with Crippen molar-refractivity contribution in [2.24, 2.45) is 11.8 Å². The van der Waals surface area contributed by atoms with Gasteiger partial charge in [0, 0.05) is 18.2 Å². The van der Waals surface area contributed by atoms with Crippen LogP contribution in [-0.2, 0) is 14.3 Å². The molecule has 2 N–H and O–H groups in total. The van der Waals surface area contributed by atoms with E-state index in [4.69, 9.17) is 9.47 Å². The normalized spacial score (nSPS) is 28.0. The number of carbonyl (C=O) groups is 1. The van der Waals surface area contributed by atoms with E-state index in [9.17, 15) is 19.5 Å². The molecule has 0 bridgehead atoms. The average Bonchev–Trinajstić information content (AvgIpc) is 2.73. The lowest BCUT2D eigenvalue weighted by Gasteiger charge is -2.17. The molecule has 1 fully saturated rings. The number of aromatic amines is 1. The molecule has 122 valence electrons. The van der Waals surface area contributed by atoms with Gasteiger partial charge in [-0.05, 0) is 0 Å². The van der Waals surface area contributed by atoms with Gasteiger partial charge in [0.25, 0.3) is 5.56 Å². The number of hydrogen-bond donors (Lipinski definition) is 2. The molecule has 2 heterocycles. The van der Waals surface area contributed by atoms with Crippen LogP contribution in [0.3, 0.4) is 0 Å². The molecule has 1 saturated heterocycles. The van der Waals surface area contributed by atoms with Crippen molar-refractivity contribution in [2.75, 3.05) is 6.61 Å².